The molecule has 1 aliphatic rings. The second kappa shape index (κ2) is 20.9. The van der Waals surface area contributed by atoms with Gasteiger partial charge in [0.1, 0.15) is 17.1 Å². The Hall–Kier alpha value is -5.42. The topological polar surface area (TPSA) is 179 Å². The first kappa shape index (κ1) is 46.6. The zero-order valence-corrected chi connectivity index (χ0v) is 37.2. The number of amides is 5. The maximum atomic E-state index is 14.6. The molecular weight excluding hydrogens is 797 g/mol. The Balaban J connectivity index is 1.41. The second-order valence-corrected chi connectivity index (χ2v) is 18.3. The molecule has 61 heavy (non-hydrogen) atoms. The van der Waals surface area contributed by atoms with Crippen molar-refractivity contribution in [2.75, 3.05) is 33.9 Å². The number of aliphatic hydroxyl groups is 1. The van der Waals surface area contributed by atoms with Crippen LogP contribution in [-0.2, 0) is 45.2 Å². The van der Waals surface area contributed by atoms with E-state index in [9.17, 15) is 24.3 Å². The van der Waals surface area contributed by atoms with Crippen molar-refractivity contribution < 1.29 is 33.8 Å². The van der Waals surface area contributed by atoms with Crippen LogP contribution in [0.2, 0.25) is 0 Å². The Kier molecular flexibility index (Phi) is 16.0. The Bertz CT molecular complexity index is 2050. The number of alkyl carbamates (subject to hydrolysis) is 1. The van der Waals surface area contributed by atoms with Gasteiger partial charge in [-0.2, -0.15) is 0 Å². The van der Waals surface area contributed by atoms with Crippen LogP contribution in [0, 0.1) is 10.8 Å². The van der Waals surface area contributed by atoms with Crippen molar-refractivity contribution in [3.63, 3.8) is 0 Å². The Labute approximate surface area is 362 Å². The third-order valence-electron chi connectivity index (χ3n) is 10.4. The van der Waals surface area contributed by atoms with E-state index in [1.54, 1.807) is 28.1 Å². The number of hydrogen-bond donors (Lipinski definition) is 4. The highest BCUT2D eigenvalue weighted by molar-refractivity contribution is 7.09. The molecule has 1 aliphatic heterocycles. The zero-order chi connectivity index (χ0) is 44.3. The molecule has 328 valence electrons. The molecule has 5 rings (SSSR count). The highest BCUT2D eigenvalue weighted by Gasteiger charge is 2.44. The van der Waals surface area contributed by atoms with E-state index < -0.39 is 53.0 Å². The summed E-state index contributed by atoms with van der Waals surface area (Å²) in [5.74, 6) is -0.925. The number of hydrazine groups is 1. The van der Waals surface area contributed by atoms with E-state index in [4.69, 9.17) is 9.47 Å². The van der Waals surface area contributed by atoms with E-state index in [1.165, 1.54) is 18.4 Å². The molecule has 1 fully saturated rings. The number of pyridine rings is 1. The molecule has 2 aromatic heterocycles. The van der Waals surface area contributed by atoms with E-state index in [2.05, 4.69) is 26.0 Å². The Morgan fingerprint density at radius 3 is 2.21 bits per heavy atom. The lowest BCUT2D eigenvalue weighted by molar-refractivity contribution is -0.133. The first-order chi connectivity index (χ1) is 29.0. The summed E-state index contributed by atoms with van der Waals surface area (Å²) in [7, 11) is 2.84. The largest absolute Gasteiger partial charge is 0.453 e. The number of hydrogen-bond acceptors (Lipinski definition) is 11. The molecular formula is C45H60N8O7S. The number of ether oxygens (including phenoxy) is 2. The molecule has 4 N–H and O–H groups in total. The zero-order valence-electron chi connectivity index (χ0n) is 36.4. The number of nitrogens with zero attached hydrogens (tertiary/aromatic N) is 5. The van der Waals surface area contributed by atoms with Crippen LogP contribution in [0.3, 0.4) is 0 Å². The van der Waals surface area contributed by atoms with Gasteiger partial charge in [0.25, 0.3) is 5.91 Å². The van der Waals surface area contributed by atoms with Crippen molar-refractivity contribution in [3.05, 3.63) is 106 Å². The Morgan fingerprint density at radius 2 is 1.59 bits per heavy atom. The molecule has 4 atom stereocenters. The third-order valence-corrected chi connectivity index (χ3v) is 11.2. The van der Waals surface area contributed by atoms with Gasteiger partial charge in [0, 0.05) is 50.4 Å². The first-order valence-corrected chi connectivity index (χ1v) is 21.2. The van der Waals surface area contributed by atoms with Crippen LogP contribution in [0.5, 0.6) is 0 Å². The second-order valence-electron chi connectivity index (χ2n) is 17.4. The average Bonchev–Trinajstić information content (AvgIpc) is 3.81. The summed E-state index contributed by atoms with van der Waals surface area (Å²) in [5, 5.41) is 22.3. The van der Waals surface area contributed by atoms with Crippen LogP contribution < -0.4 is 16.1 Å². The molecule has 15 nitrogen and oxygen atoms in total. The van der Waals surface area contributed by atoms with Crippen LogP contribution in [-0.4, -0.2) is 112 Å². The van der Waals surface area contributed by atoms with E-state index >= 15 is 0 Å². The van der Waals surface area contributed by atoms with E-state index in [1.807, 2.05) is 120 Å². The number of thiazole rings is 1. The predicted molar refractivity (Wildman–Crippen MR) is 234 cm³/mol. The molecule has 0 radical (unpaired) electrons. The van der Waals surface area contributed by atoms with Gasteiger partial charge in [-0.05, 0) is 40.5 Å². The highest BCUT2D eigenvalue weighted by atomic mass is 32.1. The highest BCUT2D eigenvalue weighted by Crippen LogP contribution is 2.29. The standard InChI is InChI=1S/C45H60N8O7S/c1-44(2,3)38(49-42(57)60-8)40(55)50-52(25-31-17-19-32(20-18-31)34-16-12-13-21-46-34)27-36(54)35(24-30-14-10-9-11-15-30)48-41(56)39(45(4,5)6)53-23-22-51(43(53)58)26-33-29-61-37(47-33)28-59-7/h9-21,29,35-36,38-39,54H,22-28H2,1-8H3,(H,48,56)(H,49,57)(H,50,55)/t35-,36-,38+,39+/m0/s1. The monoisotopic (exact) mass is 856 g/mol. The molecule has 4 aromatic rings. The number of carbonyl (C=O) groups is 4. The minimum atomic E-state index is -1.23. The quantitative estimate of drug-likeness (QED) is 0.0949. The summed E-state index contributed by atoms with van der Waals surface area (Å²) in [5.41, 5.74) is 5.72. The van der Waals surface area contributed by atoms with Crippen molar-refractivity contribution in [1.82, 2.24) is 40.8 Å². The number of benzene rings is 2. The van der Waals surface area contributed by atoms with Gasteiger partial charge in [0.2, 0.25) is 5.91 Å². The molecule has 16 heteroatoms. The van der Waals surface area contributed by atoms with Crippen LogP contribution >= 0.6 is 11.3 Å². The lowest BCUT2D eigenvalue weighted by Crippen LogP contribution is -2.61. The van der Waals surface area contributed by atoms with E-state index in [-0.39, 0.29) is 25.5 Å². The van der Waals surface area contributed by atoms with E-state index in [0.29, 0.717) is 26.2 Å². The SMILES string of the molecule is COCc1nc(CN2CCN([C@H](C(=O)N[C@@H](Cc3ccccc3)[C@@H](O)CN(Cc3ccc(-c4ccccn4)cc3)NC(=O)[C@@H](NC(=O)OC)C(C)(C)C)C(C)(C)C)C2=O)cs1. The summed E-state index contributed by atoms with van der Waals surface area (Å²) in [4.78, 5) is 67.3. The smallest absolute Gasteiger partial charge is 0.407 e. The summed E-state index contributed by atoms with van der Waals surface area (Å²) in [6.07, 6.45) is -0.000650. The van der Waals surface area contributed by atoms with Crippen LogP contribution in [0.4, 0.5) is 9.59 Å². The van der Waals surface area contributed by atoms with Crippen LogP contribution in [0.1, 0.15) is 63.4 Å². The minimum Gasteiger partial charge on any atom is -0.453 e. The summed E-state index contributed by atoms with van der Waals surface area (Å²) in [6, 6.07) is 19.9. The van der Waals surface area contributed by atoms with Gasteiger partial charge < -0.3 is 35.0 Å². The molecule has 0 saturated carbocycles. The number of urea groups is 1. The third kappa shape index (κ3) is 13.0. The lowest BCUT2D eigenvalue weighted by Gasteiger charge is -2.38. The fourth-order valence-corrected chi connectivity index (χ4v) is 8.07. The van der Waals surface area contributed by atoms with Crippen molar-refractivity contribution in [2.24, 2.45) is 10.8 Å². The Morgan fingerprint density at radius 1 is 0.885 bits per heavy atom. The molecule has 1 saturated heterocycles. The molecule has 0 unspecified atom stereocenters. The van der Waals surface area contributed by atoms with Crippen molar-refractivity contribution in [2.45, 2.75) is 91.9 Å². The van der Waals surface area contributed by atoms with Crippen LogP contribution in [0.15, 0.2) is 84.4 Å². The van der Waals surface area contributed by atoms with Crippen LogP contribution in [0.25, 0.3) is 11.3 Å². The normalized spacial score (nSPS) is 15.3. The minimum absolute atomic E-state index is 0.115. The van der Waals surface area contributed by atoms with Crippen molar-refractivity contribution in [3.8, 4) is 11.3 Å². The predicted octanol–water partition coefficient (Wildman–Crippen LogP) is 5.40. The fourth-order valence-electron chi connectivity index (χ4n) is 7.32. The van der Waals surface area contributed by atoms with Gasteiger partial charge >= 0.3 is 12.1 Å². The summed E-state index contributed by atoms with van der Waals surface area (Å²) >= 11 is 1.47. The van der Waals surface area contributed by atoms with Crippen molar-refractivity contribution >= 4 is 35.3 Å². The molecule has 3 heterocycles. The molecule has 0 bridgehead atoms. The number of nitrogens with one attached hydrogen (secondary N) is 3. The van der Waals surface area contributed by atoms with Gasteiger partial charge in [0.15, 0.2) is 0 Å². The van der Waals surface area contributed by atoms with Gasteiger partial charge in [-0.3, -0.25) is 20.0 Å². The molecule has 0 aliphatic carbocycles. The van der Waals surface area contributed by atoms with Crippen molar-refractivity contribution in [1.29, 1.82) is 0 Å². The summed E-state index contributed by atoms with van der Waals surface area (Å²) < 4.78 is 10.0. The number of methoxy groups -OCH3 is 2. The molecule has 0 spiro atoms. The van der Waals surface area contributed by atoms with Gasteiger partial charge in [-0.1, -0.05) is 102 Å². The molecule has 5 amide bonds. The maximum absolute atomic E-state index is 14.6. The van der Waals surface area contributed by atoms with Gasteiger partial charge in [0.05, 0.1) is 43.8 Å². The molecule has 2 aromatic carbocycles. The first-order valence-electron chi connectivity index (χ1n) is 20.4. The summed E-state index contributed by atoms with van der Waals surface area (Å²) in [6.45, 7) is 12.7. The maximum Gasteiger partial charge on any atom is 0.407 e. The van der Waals surface area contributed by atoms with E-state index in [0.717, 1.165) is 33.1 Å². The number of aromatic nitrogens is 2. The van der Waals surface area contributed by atoms with Gasteiger partial charge in [-0.15, -0.1) is 11.3 Å². The number of aliphatic hydroxyl groups excluding tert-OH is 1. The number of carbonyl (C=O) groups excluding carboxylic acids is 4. The number of rotatable bonds is 18. The average molecular weight is 857 g/mol. The van der Waals surface area contributed by atoms with Gasteiger partial charge in [-0.25, -0.2) is 19.6 Å². The lowest BCUT2D eigenvalue weighted by atomic mass is 9.84. The fraction of sp³-hybridized carbons (Fsp3) is 0.467.